The molecule has 1 N–H and O–H groups in total. The Kier molecular flexibility index (Phi) is 3.30. The number of carbonyl (C=O) groups excluding carboxylic acids is 1. The van der Waals surface area contributed by atoms with Gasteiger partial charge in [-0.1, -0.05) is 17.4 Å². The lowest BCUT2D eigenvalue weighted by Crippen LogP contribution is -2.14. The van der Waals surface area contributed by atoms with Crippen molar-refractivity contribution in [1.82, 2.24) is 15.0 Å². The standard InChI is InChI=1S/C16H13FN4OS/c1-8-11(6-18-7-19-8)9-2-3-13-14(4-9)23-16(20-13)21-15(22)10-5-12(10)17/h2-4,6-7,10,12H,5H2,1H3,(H,20,21,22). The number of nitrogens with zero attached hydrogens (tertiary/aromatic N) is 3. The minimum Gasteiger partial charge on any atom is -0.302 e. The van der Waals surface area contributed by atoms with Gasteiger partial charge in [0, 0.05) is 17.5 Å². The van der Waals surface area contributed by atoms with Gasteiger partial charge in [0.05, 0.1) is 16.1 Å². The van der Waals surface area contributed by atoms with Crippen molar-refractivity contribution in [2.75, 3.05) is 5.32 Å². The fourth-order valence-electron chi connectivity index (χ4n) is 2.45. The fourth-order valence-corrected chi connectivity index (χ4v) is 3.36. The minimum absolute atomic E-state index is 0.288. The molecule has 1 saturated carbocycles. The molecule has 1 amide bonds. The second-order valence-electron chi connectivity index (χ2n) is 5.57. The van der Waals surface area contributed by atoms with E-state index in [1.54, 1.807) is 6.20 Å². The molecule has 0 radical (unpaired) electrons. The molecule has 3 aromatic rings. The average molecular weight is 328 g/mol. The third kappa shape index (κ3) is 2.68. The van der Waals surface area contributed by atoms with E-state index in [0.717, 1.165) is 27.0 Å². The number of alkyl halides is 1. The Bertz CT molecular complexity index is 910. The molecule has 1 aliphatic rings. The molecule has 5 nitrogen and oxygen atoms in total. The minimum atomic E-state index is -1.00. The summed E-state index contributed by atoms with van der Waals surface area (Å²) in [6.45, 7) is 1.93. The van der Waals surface area contributed by atoms with Crippen LogP contribution in [-0.4, -0.2) is 27.0 Å². The monoisotopic (exact) mass is 328 g/mol. The van der Waals surface area contributed by atoms with Crippen molar-refractivity contribution >= 4 is 32.6 Å². The lowest BCUT2D eigenvalue weighted by Gasteiger charge is -2.03. The number of anilines is 1. The summed E-state index contributed by atoms with van der Waals surface area (Å²) in [5.41, 5.74) is 3.67. The Morgan fingerprint density at radius 2 is 2.26 bits per heavy atom. The highest BCUT2D eigenvalue weighted by atomic mass is 32.1. The molecule has 23 heavy (non-hydrogen) atoms. The number of aryl methyl sites for hydroxylation is 1. The van der Waals surface area contributed by atoms with Gasteiger partial charge in [0.1, 0.15) is 12.5 Å². The predicted octanol–water partition coefficient (Wildman–Crippen LogP) is 3.36. The van der Waals surface area contributed by atoms with Crippen LogP contribution < -0.4 is 5.32 Å². The summed E-state index contributed by atoms with van der Waals surface area (Å²) < 4.78 is 13.9. The van der Waals surface area contributed by atoms with Crippen LogP contribution in [0, 0.1) is 12.8 Å². The molecular formula is C16H13FN4OS. The Hall–Kier alpha value is -2.41. The third-order valence-corrected chi connectivity index (χ3v) is 4.82. The number of carbonyl (C=O) groups is 1. The van der Waals surface area contributed by atoms with E-state index in [0.29, 0.717) is 11.6 Å². The molecule has 1 fully saturated rings. The average Bonchev–Trinajstić information content (AvgIpc) is 3.13. The molecule has 0 spiro atoms. The zero-order chi connectivity index (χ0) is 16.0. The number of nitrogens with one attached hydrogen (secondary N) is 1. The van der Waals surface area contributed by atoms with Gasteiger partial charge in [0.15, 0.2) is 5.13 Å². The molecule has 0 aliphatic heterocycles. The lowest BCUT2D eigenvalue weighted by molar-refractivity contribution is -0.117. The molecule has 2 atom stereocenters. The first kappa shape index (κ1) is 14.2. The van der Waals surface area contributed by atoms with Crippen LogP contribution >= 0.6 is 11.3 Å². The second-order valence-corrected chi connectivity index (χ2v) is 6.60. The third-order valence-electron chi connectivity index (χ3n) is 3.89. The van der Waals surface area contributed by atoms with Crippen LogP contribution in [0.1, 0.15) is 12.1 Å². The number of aromatic nitrogens is 3. The van der Waals surface area contributed by atoms with E-state index in [-0.39, 0.29) is 5.91 Å². The highest BCUT2D eigenvalue weighted by Gasteiger charge is 2.43. The molecule has 1 aromatic carbocycles. The van der Waals surface area contributed by atoms with Crippen molar-refractivity contribution in [1.29, 1.82) is 0 Å². The SMILES string of the molecule is Cc1ncncc1-c1ccc2nc(NC(=O)C3CC3F)sc2c1. The van der Waals surface area contributed by atoms with Gasteiger partial charge in [-0.3, -0.25) is 4.79 Å². The molecule has 2 unspecified atom stereocenters. The number of hydrogen-bond donors (Lipinski definition) is 1. The fraction of sp³-hybridized carbons (Fsp3) is 0.250. The molecule has 116 valence electrons. The number of hydrogen-bond acceptors (Lipinski definition) is 5. The van der Waals surface area contributed by atoms with Crippen LogP contribution in [-0.2, 0) is 4.79 Å². The van der Waals surface area contributed by atoms with Crippen LogP contribution in [0.2, 0.25) is 0 Å². The van der Waals surface area contributed by atoms with Gasteiger partial charge in [0.25, 0.3) is 0 Å². The van der Waals surface area contributed by atoms with Gasteiger partial charge in [-0.2, -0.15) is 0 Å². The van der Waals surface area contributed by atoms with Crippen molar-refractivity contribution in [3.63, 3.8) is 0 Å². The number of thiazole rings is 1. The van der Waals surface area contributed by atoms with E-state index < -0.39 is 12.1 Å². The molecule has 2 aromatic heterocycles. The maximum atomic E-state index is 12.9. The molecule has 1 aliphatic carbocycles. The van der Waals surface area contributed by atoms with Crippen LogP contribution in [0.25, 0.3) is 21.3 Å². The van der Waals surface area contributed by atoms with Gasteiger partial charge in [-0.25, -0.2) is 19.3 Å². The van der Waals surface area contributed by atoms with Crippen molar-refractivity contribution < 1.29 is 9.18 Å². The molecule has 0 bridgehead atoms. The van der Waals surface area contributed by atoms with Gasteiger partial charge >= 0.3 is 0 Å². The van der Waals surface area contributed by atoms with E-state index >= 15 is 0 Å². The van der Waals surface area contributed by atoms with Crippen LogP contribution in [0.15, 0.2) is 30.7 Å². The van der Waals surface area contributed by atoms with E-state index in [2.05, 4.69) is 20.3 Å². The van der Waals surface area contributed by atoms with E-state index in [1.165, 1.54) is 17.7 Å². The largest absolute Gasteiger partial charge is 0.302 e. The van der Waals surface area contributed by atoms with Gasteiger partial charge in [-0.05, 0) is 31.0 Å². The van der Waals surface area contributed by atoms with Crippen molar-refractivity contribution in [2.45, 2.75) is 19.5 Å². The second kappa shape index (κ2) is 5.34. The maximum Gasteiger partial charge on any atom is 0.232 e. The van der Waals surface area contributed by atoms with Crippen LogP contribution in [0.5, 0.6) is 0 Å². The first-order valence-corrected chi connectivity index (χ1v) is 8.06. The molecule has 7 heteroatoms. The molecule has 4 rings (SSSR count). The van der Waals surface area contributed by atoms with Gasteiger partial charge in [-0.15, -0.1) is 0 Å². The Morgan fingerprint density at radius 1 is 1.43 bits per heavy atom. The quantitative estimate of drug-likeness (QED) is 0.800. The highest BCUT2D eigenvalue weighted by molar-refractivity contribution is 7.22. The first-order chi connectivity index (χ1) is 11.1. The van der Waals surface area contributed by atoms with E-state index in [4.69, 9.17) is 0 Å². The number of fused-ring (bicyclic) bond motifs is 1. The summed E-state index contributed by atoms with van der Waals surface area (Å²) in [4.78, 5) is 24.4. The van der Waals surface area contributed by atoms with Gasteiger partial charge < -0.3 is 5.32 Å². The number of amides is 1. The van der Waals surface area contributed by atoms with Crippen molar-refractivity contribution in [3.05, 3.63) is 36.4 Å². The zero-order valence-electron chi connectivity index (χ0n) is 12.3. The van der Waals surface area contributed by atoms with Crippen molar-refractivity contribution in [2.24, 2.45) is 5.92 Å². The summed E-state index contributed by atoms with van der Waals surface area (Å²) in [5, 5.41) is 3.20. The maximum absolute atomic E-state index is 12.9. The summed E-state index contributed by atoms with van der Waals surface area (Å²) >= 11 is 1.38. The zero-order valence-corrected chi connectivity index (χ0v) is 13.1. The summed E-state index contributed by atoms with van der Waals surface area (Å²) in [6.07, 6.45) is 2.61. The van der Waals surface area contributed by atoms with Crippen LogP contribution in [0.3, 0.4) is 0 Å². The number of benzene rings is 1. The van der Waals surface area contributed by atoms with Gasteiger partial charge in [0.2, 0.25) is 5.91 Å². The Morgan fingerprint density at radius 3 is 3.00 bits per heavy atom. The predicted molar refractivity (Wildman–Crippen MR) is 87.0 cm³/mol. The summed E-state index contributed by atoms with van der Waals surface area (Å²) in [6, 6.07) is 5.86. The normalized spacial score (nSPS) is 19.7. The van der Waals surface area contributed by atoms with Crippen molar-refractivity contribution in [3.8, 4) is 11.1 Å². The van der Waals surface area contributed by atoms with Crippen LogP contribution in [0.4, 0.5) is 9.52 Å². The number of rotatable bonds is 3. The van der Waals surface area contributed by atoms with E-state index in [9.17, 15) is 9.18 Å². The summed E-state index contributed by atoms with van der Waals surface area (Å²) in [7, 11) is 0. The molecule has 0 saturated heterocycles. The summed E-state index contributed by atoms with van der Waals surface area (Å²) in [5.74, 6) is -0.800. The molecule has 2 heterocycles. The first-order valence-electron chi connectivity index (χ1n) is 7.24. The topological polar surface area (TPSA) is 67.8 Å². The lowest BCUT2D eigenvalue weighted by atomic mass is 10.1. The Balaban J connectivity index is 1.64. The highest BCUT2D eigenvalue weighted by Crippen LogP contribution is 2.36. The smallest absolute Gasteiger partial charge is 0.232 e. The number of halogens is 1. The molecular weight excluding hydrogens is 315 g/mol. The Labute approximate surface area is 135 Å². The van der Waals surface area contributed by atoms with E-state index in [1.807, 2.05) is 25.1 Å².